The van der Waals surface area contributed by atoms with Crippen LogP contribution in [-0.2, 0) is 0 Å². The van der Waals surface area contributed by atoms with Crippen LogP contribution in [0.15, 0.2) is 24.7 Å². The largest absolute Gasteiger partial charge is 0.367 e. The zero-order valence-corrected chi connectivity index (χ0v) is 16.6. The molecule has 2 N–H and O–H groups in total. The molecule has 0 amide bonds. The molecule has 0 spiro atoms. The third-order valence-corrected chi connectivity index (χ3v) is 5.39. The molecule has 0 radical (unpaired) electrons. The minimum absolute atomic E-state index is 0.188. The fourth-order valence-electron chi connectivity index (χ4n) is 3.75. The molecule has 1 fully saturated rings. The van der Waals surface area contributed by atoms with Crippen molar-refractivity contribution in [2.75, 3.05) is 31.5 Å². The molecule has 150 valence electrons. The quantitative estimate of drug-likeness (QED) is 0.637. The van der Waals surface area contributed by atoms with E-state index in [9.17, 15) is 4.39 Å². The highest BCUT2D eigenvalue weighted by Crippen LogP contribution is 2.28. The van der Waals surface area contributed by atoms with E-state index in [-0.39, 0.29) is 5.82 Å². The van der Waals surface area contributed by atoms with Gasteiger partial charge in [-0.2, -0.15) is 5.26 Å². The van der Waals surface area contributed by atoms with E-state index >= 15 is 0 Å². The van der Waals surface area contributed by atoms with Crippen LogP contribution >= 0.6 is 11.6 Å². The molecule has 0 saturated carbocycles. The molecule has 4 heterocycles. The number of hydrogen-bond acceptors (Lipinski definition) is 6. The number of nitrogens with one attached hydrogen (secondary N) is 2. The van der Waals surface area contributed by atoms with Crippen LogP contribution in [-0.4, -0.2) is 51.0 Å². The molecular weight excluding hydrogens is 393 g/mol. The first-order valence-corrected chi connectivity index (χ1v) is 10.0. The van der Waals surface area contributed by atoms with Gasteiger partial charge in [0.15, 0.2) is 17.5 Å². The normalized spacial score (nSPS) is 17.3. The Labute approximate surface area is 172 Å². The lowest BCUT2D eigenvalue weighted by Crippen LogP contribution is -2.38. The van der Waals surface area contributed by atoms with Gasteiger partial charge in [0.2, 0.25) is 0 Å². The van der Waals surface area contributed by atoms with Crippen LogP contribution in [0.3, 0.4) is 0 Å². The third kappa shape index (κ3) is 4.47. The lowest BCUT2D eigenvalue weighted by Gasteiger charge is -2.32. The number of fused-ring (bicyclic) bond motifs is 1. The van der Waals surface area contributed by atoms with Gasteiger partial charge in [-0.1, -0.05) is 11.6 Å². The molecule has 9 heteroatoms. The SMILES string of the molecule is N#CCCN1CCCC(CNc2nc(-c3c[nH]c4ncc(Cl)cc34)ncc2F)C1. The van der Waals surface area contributed by atoms with Crippen LogP contribution in [0.1, 0.15) is 19.3 Å². The van der Waals surface area contributed by atoms with E-state index in [1.807, 2.05) is 0 Å². The van der Waals surface area contributed by atoms with Gasteiger partial charge in [-0.3, -0.25) is 0 Å². The monoisotopic (exact) mass is 413 g/mol. The summed E-state index contributed by atoms with van der Waals surface area (Å²) in [5, 5.41) is 13.2. The van der Waals surface area contributed by atoms with Gasteiger partial charge in [0.25, 0.3) is 0 Å². The number of nitriles is 1. The van der Waals surface area contributed by atoms with Gasteiger partial charge in [0.05, 0.1) is 17.3 Å². The summed E-state index contributed by atoms with van der Waals surface area (Å²) in [6.07, 6.45) is 7.18. The Morgan fingerprint density at radius 1 is 1.38 bits per heavy atom. The summed E-state index contributed by atoms with van der Waals surface area (Å²) < 4.78 is 14.3. The van der Waals surface area contributed by atoms with Crippen molar-refractivity contribution in [3.05, 3.63) is 35.5 Å². The Balaban J connectivity index is 1.49. The van der Waals surface area contributed by atoms with E-state index in [0.29, 0.717) is 35.4 Å². The van der Waals surface area contributed by atoms with E-state index < -0.39 is 5.82 Å². The molecule has 1 atom stereocenters. The Morgan fingerprint density at radius 3 is 3.14 bits per heavy atom. The Morgan fingerprint density at radius 2 is 2.28 bits per heavy atom. The minimum atomic E-state index is -0.484. The van der Waals surface area contributed by atoms with E-state index in [1.165, 1.54) is 6.20 Å². The molecule has 0 bridgehead atoms. The van der Waals surface area contributed by atoms with Gasteiger partial charge < -0.3 is 15.2 Å². The van der Waals surface area contributed by atoms with Crippen LogP contribution in [0, 0.1) is 23.1 Å². The average molecular weight is 414 g/mol. The zero-order valence-electron chi connectivity index (χ0n) is 15.8. The summed E-state index contributed by atoms with van der Waals surface area (Å²) in [7, 11) is 0. The summed E-state index contributed by atoms with van der Waals surface area (Å²) in [6, 6.07) is 3.98. The first-order valence-electron chi connectivity index (χ1n) is 9.62. The summed E-state index contributed by atoms with van der Waals surface area (Å²) in [4.78, 5) is 18.1. The fraction of sp³-hybridized carbons (Fsp3) is 0.400. The smallest absolute Gasteiger partial charge is 0.183 e. The maximum absolute atomic E-state index is 14.3. The van der Waals surface area contributed by atoms with E-state index in [4.69, 9.17) is 16.9 Å². The predicted octanol–water partition coefficient (Wildman–Crippen LogP) is 3.85. The van der Waals surface area contributed by atoms with Crippen LogP contribution < -0.4 is 5.32 Å². The van der Waals surface area contributed by atoms with Crippen molar-refractivity contribution in [1.29, 1.82) is 5.26 Å². The van der Waals surface area contributed by atoms with Crippen molar-refractivity contribution in [2.24, 2.45) is 5.92 Å². The van der Waals surface area contributed by atoms with Crippen LogP contribution in [0.25, 0.3) is 22.4 Å². The number of rotatable bonds is 6. The number of halogens is 2. The summed E-state index contributed by atoms with van der Waals surface area (Å²) in [6.45, 7) is 3.33. The molecule has 1 saturated heterocycles. The standard InChI is InChI=1S/C20H21ClFN7/c21-14-7-15-16(10-26-18(15)25-9-14)19-27-11-17(22)20(28-19)24-8-13-3-1-5-29(12-13)6-2-4-23/h7,9-11,13H,1-3,5-6,8,12H2,(H,25,26)(H,24,27,28). The van der Waals surface area contributed by atoms with Crippen LogP contribution in [0.5, 0.6) is 0 Å². The molecule has 1 aliphatic heterocycles. The number of anilines is 1. The highest BCUT2D eigenvalue weighted by molar-refractivity contribution is 6.31. The second-order valence-corrected chi connectivity index (χ2v) is 7.68. The van der Waals surface area contributed by atoms with Gasteiger partial charge >= 0.3 is 0 Å². The number of H-pyrrole nitrogens is 1. The van der Waals surface area contributed by atoms with Gasteiger partial charge in [-0.25, -0.2) is 19.3 Å². The molecule has 7 nitrogen and oxygen atoms in total. The number of nitrogens with zero attached hydrogens (tertiary/aromatic N) is 5. The van der Waals surface area contributed by atoms with Crippen LogP contribution in [0.2, 0.25) is 5.02 Å². The molecule has 0 aliphatic carbocycles. The molecular formula is C20H21ClFN7. The van der Waals surface area contributed by atoms with Crippen molar-refractivity contribution in [3.63, 3.8) is 0 Å². The first kappa shape index (κ1) is 19.6. The second kappa shape index (κ2) is 8.72. The van der Waals surface area contributed by atoms with E-state index in [2.05, 4.69) is 36.2 Å². The molecule has 3 aromatic rings. The molecule has 29 heavy (non-hydrogen) atoms. The van der Waals surface area contributed by atoms with Crippen molar-refractivity contribution in [2.45, 2.75) is 19.3 Å². The maximum Gasteiger partial charge on any atom is 0.183 e. The summed E-state index contributed by atoms with van der Waals surface area (Å²) in [5.74, 6) is 0.496. The highest BCUT2D eigenvalue weighted by Gasteiger charge is 2.20. The van der Waals surface area contributed by atoms with Gasteiger partial charge in [-0.15, -0.1) is 0 Å². The Kier molecular flexibility index (Phi) is 5.88. The van der Waals surface area contributed by atoms with Gasteiger partial charge in [0, 0.05) is 49.4 Å². The molecule has 3 aromatic heterocycles. The molecule has 0 aromatic carbocycles. The van der Waals surface area contributed by atoms with Crippen molar-refractivity contribution < 1.29 is 4.39 Å². The van der Waals surface area contributed by atoms with Crippen molar-refractivity contribution >= 4 is 28.5 Å². The predicted molar refractivity (Wildman–Crippen MR) is 110 cm³/mol. The number of piperidine rings is 1. The van der Waals surface area contributed by atoms with Crippen molar-refractivity contribution in [3.8, 4) is 17.5 Å². The number of likely N-dealkylation sites (tertiary alicyclic amines) is 1. The van der Waals surface area contributed by atoms with E-state index in [1.54, 1.807) is 18.5 Å². The fourth-order valence-corrected chi connectivity index (χ4v) is 3.91. The maximum atomic E-state index is 14.3. The van der Waals surface area contributed by atoms with Crippen LogP contribution in [0.4, 0.5) is 10.2 Å². The second-order valence-electron chi connectivity index (χ2n) is 7.24. The molecule has 4 rings (SSSR count). The number of hydrogen-bond donors (Lipinski definition) is 2. The van der Waals surface area contributed by atoms with E-state index in [0.717, 1.165) is 43.4 Å². The molecule has 1 aliphatic rings. The average Bonchev–Trinajstić information content (AvgIpc) is 3.15. The van der Waals surface area contributed by atoms with Gasteiger partial charge in [-0.05, 0) is 31.4 Å². The highest BCUT2D eigenvalue weighted by atomic mass is 35.5. The lowest BCUT2D eigenvalue weighted by molar-refractivity contribution is 0.184. The third-order valence-electron chi connectivity index (χ3n) is 5.18. The Hall–Kier alpha value is -2.76. The summed E-state index contributed by atoms with van der Waals surface area (Å²) >= 11 is 6.06. The van der Waals surface area contributed by atoms with Gasteiger partial charge in [0.1, 0.15) is 5.65 Å². The zero-order chi connectivity index (χ0) is 20.2. The number of aromatic amines is 1. The van der Waals surface area contributed by atoms with Crippen molar-refractivity contribution in [1.82, 2.24) is 24.8 Å². The minimum Gasteiger partial charge on any atom is -0.367 e. The first-order chi connectivity index (χ1) is 14.1. The topological polar surface area (TPSA) is 93.5 Å². The summed E-state index contributed by atoms with van der Waals surface area (Å²) in [5.41, 5.74) is 1.39. The molecule has 1 unspecified atom stereocenters. The number of pyridine rings is 1. The number of aromatic nitrogens is 4. The Bertz CT molecular complexity index is 1040. The lowest BCUT2D eigenvalue weighted by atomic mass is 9.98.